The van der Waals surface area contributed by atoms with Crippen molar-refractivity contribution in [2.24, 2.45) is 5.92 Å². The van der Waals surface area contributed by atoms with Gasteiger partial charge in [-0.25, -0.2) is 12.8 Å². The van der Waals surface area contributed by atoms with Crippen LogP contribution in [-0.4, -0.2) is 92.9 Å². The Hall–Kier alpha value is -3.43. The number of ether oxygens (including phenoxy) is 2. The van der Waals surface area contributed by atoms with Gasteiger partial charge >= 0.3 is 6.18 Å². The highest BCUT2D eigenvalue weighted by molar-refractivity contribution is 7.92. The molecule has 47 heavy (non-hydrogen) atoms. The first kappa shape index (κ1) is 38.0. The Bertz CT molecular complexity index is 1460. The highest BCUT2D eigenvalue weighted by Gasteiger charge is 2.32. The summed E-state index contributed by atoms with van der Waals surface area (Å²) in [5.41, 5.74) is 0.0706. The lowest BCUT2D eigenvalue weighted by Crippen LogP contribution is -2.48. The summed E-state index contributed by atoms with van der Waals surface area (Å²) in [6.07, 6.45) is -5.50. The van der Waals surface area contributed by atoms with Gasteiger partial charge in [0, 0.05) is 44.8 Å². The van der Waals surface area contributed by atoms with Crippen LogP contribution in [0.5, 0.6) is 5.75 Å². The lowest BCUT2D eigenvalue weighted by Gasteiger charge is -2.36. The second-order valence-corrected chi connectivity index (χ2v) is 13.6. The monoisotopic (exact) mass is 689 g/mol. The summed E-state index contributed by atoms with van der Waals surface area (Å²) < 4.78 is 92.3. The standard InChI is InChI=1S/C32H43F4N3O7S/c1-21-18-39(22(2)20-40)31(42)27-17-25(37-47(43,44)26-11-8-24(33)9-12-26)10-13-28(27)46-23(3)7-5-6-16-45-29(21)19-38(4)30(41)14-15-32(34,35)36/h8-13,17,21-23,29,37,40H,5-7,14-16,18-20H2,1-4H3/t21-,22+,23-,29+/m0/s1. The lowest BCUT2D eigenvalue weighted by molar-refractivity contribution is -0.149. The van der Waals surface area contributed by atoms with Gasteiger partial charge in [-0.3, -0.25) is 14.3 Å². The molecular formula is C32H43F4N3O7S. The normalized spacial score (nSPS) is 20.8. The van der Waals surface area contributed by atoms with Gasteiger partial charge in [0.2, 0.25) is 5.91 Å². The van der Waals surface area contributed by atoms with E-state index >= 15 is 0 Å². The van der Waals surface area contributed by atoms with Gasteiger partial charge in [-0.15, -0.1) is 0 Å². The number of rotatable bonds is 9. The van der Waals surface area contributed by atoms with E-state index in [1.807, 2.05) is 6.92 Å². The minimum Gasteiger partial charge on any atom is -0.490 e. The van der Waals surface area contributed by atoms with Crippen molar-refractivity contribution in [3.8, 4) is 5.75 Å². The fourth-order valence-electron chi connectivity index (χ4n) is 5.09. The quantitative estimate of drug-likeness (QED) is 0.346. The van der Waals surface area contributed by atoms with Gasteiger partial charge in [0.15, 0.2) is 0 Å². The first-order valence-electron chi connectivity index (χ1n) is 15.4. The van der Waals surface area contributed by atoms with E-state index < -0.39 is 71.3 Å². The molecule has 2 N–H and O–H groups in total. The second-order valence-electron chi connectivity index (χ2n) is 12.0. The Kier molecular flexibility index (Phi) is 13.4. The molecular weight excluding hydrogens is 646 g/mol. The van der Waals surface area contributed by atoms with Crippen molar-refractivity contribution < 1.29 is 50.1 Å². The van der Waals surface area contributed by atoms with Crippen LogP contribution in [0.2, 0.25) is 0 Å². The molecule has 3 rings (SSSR count). The predicted molar refractivity (Wildman–Crippen MR) is 167 cm³/mol. The lowest BCUT2D eigenvalue weighted by atomic mass is 10.0. The Morgan fingerprint density at radius 1 is 1.15 bits per heavy atom. The summed E-state index contributed by atoms with van der Waals surface area (Å²) in [6.45, 7) is 5.14. The van der Waals surface area contributed by atoms with Crippen LogP contribution < -0.4 is 9.46 Å². The number of sulfonamides is 1. The molecule has 2 aromatic rings. The maximum atomic E-state index is 14.2. The molecule has 1 aliphatic rings. The number of amides is 2. The van der Waals surface area contributed by atoms with Crippen LogP contribution in [0.1, 0.15) is 63.2 Å². The van der Waals surface area contributed by atoms with Crippen molar-refractivity contribution in [2.45, 2.75) is 82.2 Å². The minimum atomic E-state index is -4.47. The van der Waals surface area contributed by atoms with Crippen molar-refractivity contribution in [3.63, 3.8) is 0 Å². The number of hydrogen-bond donors (Lipinski definition) is 2. The summed E-state index contributed by atoms with van der Waals surface area (Å²) in [6, 6.07) is 7.79. The van der Waals surface area contributed by atoms with Crippen LogP contribution in [0.15, 0.2) is 47.4 Å². The molecule has 4 atom stereocenters. The number of carbonyl (C=O) groups excluding carboxylic acids is 2. The number of benzene rings is 2. The predicted octanol–water partition coefficient (Wildman–Crippen LogP) is 5.22. The molecule has 10 nitrogen and oxygen atoms in total. The van der Waals surface area contributed by atoms with Gasteiger partial charge in [0.05, 0.1) is 41.7 Å². The second kappa shape index (κ2) is 16.6. The molecule has 2 amide bonds. The van der Waals surface area contributed by atoms with E-state index in [0.717, 1.165) is 24.3 Å². The Balaban J connectivity index is 1.95. The molecule has 1 heterocycles. The highest BCUT2D eigenvalue weighted by atomic mass is 32.2. The molecule has 0 spiro atoms. The van der Waals surface area contributed by atoms with Gasteiger partial charge in [0.1, 0.15) is 11.6 Å². The zero-order valence-electron chi connectivity index (χ0n) is 26.9. The number of aliphatic hydroxyl groups excluding tert-OH is 1. The molecule has 0 bridgehead atoms. The van der Waals surface area contributed by atoms with Crippen molar-refractivity contribution in [2.75, 3.05) is 38.1 Å². The maximum absolute atomic E-state index is 14.2. The summed E-state index contributed by atoms with van der Waals surface area (Å²) in [4.78, 5) is 29.1. The number of nitrogens with one attached hydrogen (secondary N) is 1. The summed E-state index contributed by atoms with van der Waals surface area (Å²) in [5.74, 6) is -2.11. The Labute approximate surface area is 273 Å². The van der Waals surface area contributed by atoms with Gasteiger partial charge in [-0.05, 0) is 75.6 Å². The van der Waals surface area contributed by atoms with Gasteiger partial charge in [-0.1, -0.05) is 6.92 Å². The fraction of sp³-hybridized carbons (Fsp3) is 0.562. The number of halogens is 4. The first-order chi connectivity index (χ1) is 22.0. The topological polar surface area (TPSA) is 125 Å². The number of fused-ring (bicyclic) bond motifs is 1. The van der Waals surface area contributed by atoms with Crippen LogP contribution in [0, 0.1) is 11.7 Å². The van der Waals surface area contributed by atoms with E-state index in [1.165, 1.54) is 35.0 Å². The molecule has 15 heteroatoms. The third kappa shape index (κ3) is 11.4. The van der Waals surface area contributed by atoms with Crippen LogP contribution in [0.4, 0.5) is 23.2 Å². The van der Waals surface area contributed by atoms with E-state index in [1.54, 1.807) is 13.8 Å². The molecule has 0 saturated heterocycles. The molecule has 2 aromatic carbocycles. The molecule has 0 radical (unpaired) electrons. The number of carbonyl (C=O) groups is 2. The molecule has 1 aliphatic heterocycles. The van der Waals surface area contributed by atoms with Crippen LogP contribution in [0.25, 0.3) is 0 Å². The molecule has 0 aliphatic carbocycles. The SMILES string of the molecule is C[C@H](CO)N1C[C@H](C)[C@@H](CN(C)C(=O)CCC(F)(F)F)OCCCC[C@H](C)Oc2ccc(NS(=O)(=O)c3ccc(F)cc3)cc2C1=O. The van der Waals surface area contributed by atoms with E-state index in [2.05, 4.69) is 4.72 Å². The molecule has 0 saturated carbocycles. The number of likely N-dealkylation sites (N-methyl/N-ethyl adjacent to an activating group) is 1. The van der Waals surface area contributed by atoms with Crippen molar-refractivity contribution >= 4 is 27.5 Å². The Morgan fingerprint density at radius 2 is 1.83 bits per heavy atom. The average molecular weight is 690 g/mol. The number of nitrogens with zero attached hydrogens (tertiary/aromatic N) is 2. The van der Waals surface area contributed by atoms with E-state index in [0.29, 0.717) is 25.9 Å². The zero-order chi connectivity index (χ0) is 34.9. The van der Waals surface area contributed by atoms with E-state index in [9.17, 15) is 40.7 Å². The van der Waals surface area contributed by atoms with Gasteiger partial charge in [-0.2, -0.15) is 13.2 Å². The van der Waals surface area contributed by atoms with Crippen LogP contribution >= 0.6 is 0 Å². The van der Waals surface area contributed by atoms with Crippen LogP contribution in [-0.2, 0) is 19.6 Å². The first-order valence-corrected chi connectivity index (χ1v) is 16.9. The average Bonchev–Trinajstić information content (AvgIpc) is 3.00. The summed E-state index contributed by atoms with van der Waals surface area (Å²) in [7, 11) is -2.74. The summed E-state index contributed by atoms with van der Waals surface area (Å²) in [5, 5.41) is 10.1. The third-order valence-electron chi connectivity index (χ3n) is 7.93. The third-order valence-corrected chi connectivity index (χ3v) is 9.33. The molecule has 0 fully saturated rings. The van der Waals surface area contributed by atoms with Crippen molar-refractivity contribution in [1.82, 2.24) is 9.80 Å². The number of alkyl halides is 3. The largest absolute Gasteiger partial charge is 0.490 e. The highest BCUT2D eigenvalue weighted by Crippen LogP contribution is 2.30. The fourth-order valence-corrected chi connectivity index (χ4v) is 6.14. The zero-order valence-corrected chi connectivity index (χ0v) is 27.7. The maximum Gasteiger partial charge on any atom is 0.389 e. The number of hydrogen-bond acceptors (Lipinski definition) is 7. The molecule has 0 unspecified atom stereocenters. The number of anilines is 1. The number of aliphatic hydroxyl groups is 1. The molecule has 262 valence electrons. The van der Waals surface area contributed by atoms with Crippen LogP contribution in [0.3, 0.4) is 0 Å². The van der Waals surface area contributed by atoms with E-state index in [-0.39, 0.29) is 41.1 Å². The summed E-state index contributed by atoms with van der Waals surface area (Å²) >= 11 is 0. The smallest absolute Gasteiger partial charge is 0.389 e. The molecule has 0 aromatic heterocycles. The minimum absolute atomic E-state index is 0.0151. The van der Waals surface area contributed by atoms with Crippen molar-refractivity contribution in [1.29, 1.82) is 0 Å². The van der Waals surface area contributed by atoms with Gasteiger partial charge in [0.25, 0.3) is 15.9 Å². The van der Waals surface area contributed by atoms with Crippen molar-refractivity contribution in [3.05, 3.63) is 53.8 Å². The Morgan fingerprint density at radius 3 is 2.47 bits per heavy atom. The van der Waals surface area contributed by atoms with E-state index in [4.69, 9.17) is 9.47 Å². The van der Waals surface area contributed by atoms with Gasteiger partial charge < -0.3 is 24.4 Å².